The van der Waals surface area contributed by atoms with Crippen LogP contribution in [0.1, 0.15) is 18.9 Å². The molecule has 0 radical (unpaired) electrons. The molecule has 0 saturated heterocycles. The topological polar surface area (TPSA) is 30.9 Å². The van der Waals surface area contributed by atoms with Crippen LogP contribution in [0.25, 0.3) is 0 Å². The second kappa shape index (κ2) is 4.55. The summed E-state index contributed by atoms with van der Waals surface area (Å²) in [5.41, 5.74) is 6.49. The Labute approximate surface area is 82.7 Å². The number of halogens is 2. The van der Waals surface area contributed by atoms with E-state index in [-0.39, 0.29) is 6.42 Å². The maximum atomic E-state index is 12.5. The van der Waals surface area contributed by atoms with E-state index in [0.717, 1.165) is 18.9 Å². The van der Waals surface area contributed by atoms with Gasteiger partial charge in [0.2, 0.25) is 5.92 Å². The summed E-state index contributed by atoms with van der Waals surface area (Å²) in [7, 11) is 0. The number of rotatable bonds is 5. The summed E-state index contributed by atoms with van der Waals surface area (Å²) in [6.45, 7) is 1.89. The van der Waals surface area contributed by atoms with E-state index in [2.05, 4.69) is 0 Å². The zero-order valence-electron chi connectivity index (χ0n) is 8.34. The molecule has 0 amide bonds. The van der Waals surface area contributed by atoms with Crippen LogP contribution in [0.5, 0.6) is 0 Å². The van der Waals surface area contributed by atoms with Crippen LogP contribution in [0.15, 0.2) is 18.5 Å². The van der Waals surface area contributed by atoms with E-state index in [1.807, 2.05) is 18.5 Å². The van der Waals surface area contributed by atoms with Crippen LogP contribution in [-0.4, -0.2) is 17.0 Å². The zero-order chi connectivity index (χ0) is 10.6. The quantitative estimate of drug-likeness (QED) is 0.778. The minimum atomic E-state index is -2.59. The molecular formula is C10H16F2N2. The molecule has 0 aliphatic carbocycles. The van der Waals surface area contributed by atoms with E-state index in [0.29, 0.717) is 13.1 Å². The molecule has 1 aromatic rings. The molecule has 0 fully saturated rings. The first-order valence-corrected chi connectivity index (χ1v) is 4.74. The predicted molar refractivity (Wildman–Crippen MR) is 52.4 cm³/mol. The molecule has 2 nitrogen and oxygen atoms in total. The Morgan fingerprint density at radius 1 is 1.50 bits per heavy atom. The largest absolute Gasteiger partial charge is 0.354 e. The van der Waals surface area contributed by atoms with Gasteiger partial charge in [-0.25, -0.2) is 8.78 Å². The lowest BCUT2D eigenvalue weighted by atomic mass is 10.2. The first kappa shape index (κ1) is 11.2. The van der Waals surface area contributed by atoms with Gasteiger partial charge >= 0.3 is 0 Å². The van der Waals surface area contributed by atoms with Gasteiger partial charge in [-0.2, -0.15) is 0 Å². The minimum Gasteiger partial charge on any atom is -0.354 e. The van der Waals surface area contributed by atoms with Crippen molar-refractivity contribution in [2.24, 2.45) is 5.73 Å². The number of nitrogens with zero attached hydrogens (tertiary/aromatic N) is 1. The highest BCUT2D eigenvalue weighted by Crippen LogP contribution is 2.17. The fraction of sp³-hybridized carbons (Fsp3) is 0.600. The van der Waals surface area contributed by atoms with Gasteiger partial charge in [-0.05, 0) is 31.5 Å². The fourth-order valence-corrected chi connectivity index (χ4v) is 1.27. The smallest absolute Gasteiger partial charge is 0.247 e. The summed E-state index contributed by atoms with van der Waals surface area (Å²) in [4.78, 5) is 0. The highest BCUT2D eigenvalue weighted by molar-refractivity contribution is 5.10. The lowest BCUT2D eigenvalue weighted by molar-refractivity contribution is 0.00871. The van der Waals surface area contributed by atoms with Gasteiger partial charge in [-0.3, -0.25) is 0 Å². The molecule has 0 bridgehead atoms. The monoisotopic (exact) mass is 202 g/mol. The molecule has 0 aliphatic heterocycles. The molecular weight excluding hydrogens is 186 g/mol. The van der Waals surface area contributed by atoms with Crippen molar-refractivity contribution < 1.29 is 8.78 Å². The van der Waals surface area contributed by atoms with E-state index < -0.39 is 5.92 Å². The lowest BCUT2D eigenvalue weighted by Crippen LogP contribution is -2.13. The van der Waals surface area contributed by atoms with Crippen molar-refractivity contribution >= 4 is 0 Å². The molecule has 0 spiro atoms. The van der Waals surface area contributed by atoms with E-state index in [1.54, 1.807) is 4.57 Å². The maximum absolute atomic E-state index is 12.5. The first-order valence-electron chi connectivity index (χ1n) is 4.74. The van der Waals surface area contributed by atoms with Crippen molar-refractivity contribution in [3.05, 3.63) is 24.0 Å². The Bertz CT molecular complexity index is 276. The Morgan fingerprint density at radius 2 is 2.21 bits per heavy atom. The van der Waals surface area contributed by atoms with Crippen molar-refractivity contribution in [3.63, 3.8) is 0 Å². The van der Waals surface area contributed by atoms with Gasteiger partial charge < -0.3 is 10.3 Å². The normalized spacial score (nSPS) is 12.0. The van der Waals surface area contributed by atoms with Gasteiger partial charge in [0, 0.05) is 25.4 Å². The molecule has 1 rings (SSSR count). The summed E-state index contributed by atoms with van der Waals surface area (Å²) < 4.78 is 26.8. The second-order valence-electron chi connectivity index (χ2n) is 3.62. The molecule has 1 aromatic heterocycles. The summed E-state index contributed by atoms with van der Waals surface area (Å²) >= 11 is 0. The van der Waals surface area contributed by atoms with Crippen molar-refractivity contribution in [3.8, 4) is 0 Å². The van der Waals surface area contributed by atoms with Gasteiger partial charge in [-0.1, -0.05) is 0 Å². The molecule has 0 saturated carbocycles. The average Bonchev–Trinajstić information content (AvgIpc) is 2.49. The van der Waals surface area contributed by atoms with Gasteiger partial charge in [0.1, 0.15) is 0 Å². The molecule has 0 unspecified atom stereocenters. The molecule has 2 N–H and O–H groups in total. The van der Waals surface area contributed by atoms with Crippen molar-refractivity contribution in [1.82, 2.24) is 4.57 Å². The zero-order valence-corrected chi connectivity index (χ0v) is 8.34. The number of hydrogen-bond donors (Lipinski definition) is 1. The summed E-state index contributed by atoms with van der Waals surface area (Å²) in [6, 6.07) is 1.92. The third-order valence-electron chi connectivity index (χ3n) is 2.05. The Kier molecular flexibility index (Phi) is 3.63. The Morgan fingerprint density at radius 3 is 2.79 bits per heavy atom. The van der Waals surface area contributed by atoms with Crippen LogP contribution in [-0.2, 0) is 13.0 Å². The van der Waals surface area contributed by atoms with E-state index in [9.17, 15) is 8.78 Å². The predicted octanol–water partition coefficient (Wildman–Crippen LogP) is 2.03. The number of hydrogen-bond acceptors (Lipinski definition) is 1. The van der Waals surface area contributed by atoms with Crippen LogP contribution >= 0.6 is 0 Å². The number of alkyl halides is 2. The van der Waals surface area contributed by atoms with Gasteiger partial charge in [0.25, 0.3) is 0 Å². The van der Waals surface area contributed by atoms with Crippen molar-refractivity contribution in [2.45, 2.75) is 32.2 Å². The van der Waals surface area contributed by atoms with Crippen LogP contribution in [0.3, 0.4) is 0 Å². The highest BCUT2D eigenvalue weighted by Gasteiger charge is 2.20. The average molecular weight is 202 g/mol. The SMILES string of the molecule is CC(F)(F)CCn1ccc(CCN)c1. The number of nitrogens with two attached hydrogens (primary N) is 1. The third-order valence-corrected chi connectivity index (χ3v) is 2.05. The summed E-state index contributed by atoms with van der Waals surface area (Å²) in [5.74, 6) is -2.59. The highest BCUT2D eigenvalue weighted by atomic mass is 19.3. The van der Waals surface area contributed by atoms with Gasteiger partial charge in [-0.15, -0.1) is 0 Å². The van der Waals surface area contributed by atoms with Crippen molar-refractivity contribution in [2.75, 3.05) is 6.54 Å². The molecule has 0 aromatic carbocycles. The van der Waals surface area contributed by atoms with Gasteiger partial charge in [0.05, 0.1) is 0 Å². The minimum absolute atomic E-state index is 0.121. The van der Waals surface area contributed by atoms with Crippen molar-refractivity contribution in [1.29, 1.82) is 0 Å². The summed E-state index contributed by atoms with van der Waals surface area (Å²) in [5, 5.41) is 0. The van der Waals surface area contributed by atoms with Gasteiger partial charge in [0.15, 0.2) is 0 Å². The van der Waals surface area contributed by atoms with E-state index >= 15 is 0 Å². The standard InChI is InChI=1S/C10H16F2N2/c1-10(11,12)4-7-14-6-3-9(8-14)2-5-13/h3,6,8H,2,4-5,7,13H2,1H3. The Balaban J connectivity index is 2.44. The molecule has 0 aliphatic rings. The van der Waals surface area contributed by atoms with Crippen LogP contribution < -0.4 is 5.73 Å². The molecule has 80 valence electrons. The number of aromatic nitrogens is 1. The molecule has 4 heteroatoms. The second-order valence-corrected chi connectivity index (χ2v) is 3.62. The molecule has 0 atom stereocenters. The van der Waals surface area contributed by atoms with Crippen LogP contribution in [0.2, 0.25) is 0 Å². The number of aryl methyl sites for hydroxylation is 1. The third kappa shape index (κ3) is 3.87. The Hall–Kier alpha value is -0.900. The lowest BCUT2D eigenvalue weighted by Gasteiger charge is -2.09. The van der Waals surface area contributed by atoms with Crippen LogP contribution in [0, 0.1) is 0 Å². The summed E-state index contributed by atoms with van der Waals surface area (Å²) in [6.07, 6.45) is 4.37. The molecule has 1 heterocycles. The first-order chi connectivity index (χ1) is 6.51. The van der Waals surface area contributed by atoms with E-state index in [1.165, 1.54) is 0 Å². The maximum Gasteiger partial charge on any atom is 0.247 e. The van der Waals surface area contributed by atoms with Crippen LogP contribution in [0.4, 0.5) is 8.78 Å². The fourth-order valence-electron chi connectivity index (χ4n) is 1.27. The molecule has 14 heavy (non-hydrogen) atoms. The van der Waals surface area contributed by atoms with E-state index in [4.69, 9.17) is 5.73 Å².